The summed E-state index contributed by atoms with van der Waals surface area (Å²) in [6.07, 6.45) is 0.921. The second-order valence-corrected chi connectivity index (χ2v) is 8.62. The SMILES string of the molecule is CC(=O)Nc1ccc(C[C@H](NC(=O)N(CCO)CCc2ccccc2)C(=O)NCCN(C)C)cc1. The van der Waals surface area contributed by atoms with Gasteiger partial charge in [0, 0.05) is 45.2 Å². The molecule has 0 bridgehead atoms. The van der Waals surface area contributed by atoms with Gasteiger partial charge in [0.05, 0.1) is 6.61 Å². The standard InChI is InChI=1S/C26H37N5O4/c1-20(33)28-23-11-9-22(10-12-23)19-24(25(34)27-14-16-30(2)3)29-26(35)31(17-18-32)15-13-21-7-5-4-6-8-21/h4-12,24,32H,13-19H2,1-3H3,(H,27,34)(H,28,33)(H,29,35)/t24-/m0/s1. The minimum absolute atomic E-state index is 0.164. The lowest BCUT2D eigenvalue weighted by molar-refractivity contribution is -0.123. The van der Waals surface area contributed by atoms with Crippen molar-refractivity contribution in [3.8, 4) is 0 Å². The van der Waals surface area contributed by atoms with Gasteiger partial charge in [0.25, 0.3) is 0 Å². The molecular formula is C26H37N5O4. The number of nitrogens with zero attached hydrogens (tertiary/aromatic N) is 2. The molecule has 2 rings (SSSR count). The van der Waals surface area contributed by atoms with Gasteiger partial charge in [0.2, 0.25) is 11.8 Å². The van der Waals surface area contributed by atoms with Gasteiger partial charge in [-0.25, -0.2) is 4.79 Å². The van der Waals surface area contributed by atoms with Crippen LogP contribution in [0.4, 0.5) is 10.5 Å². The number of urea groups is 1. The van der Waals surface area contributed by atoms with E-state index in [4.69, 9.17) is 0 Å². The molecule has 0 aliphatic carbocycles. The van der Waals surface area contributed by atoms with Crippen molar-refractivity contribution in [2.75, 3.05) is 52.2 Å². The lowest BCUT2D eigenvalue weighted by atomic mass is 10.0. The van der Waals surface area contributed by atoms with Crippen LogP contribution >= 0.6 is 0 Å². The number of hydrogen-bond donors (Lipinski definition) is 4. The Labute approximate surface area is 207 Å². The normalized spacial score (nSPS) is 11.6. The zero-order chi connectivity index (χ0) is 25.6. The molecule has 0 fully saturated rings. The summed E-state index contributed by atoms with van der Waals surface area (Å²) < 4.78 is 0. The van der Waals surface area contributed by atoms with Gasteiger partial charge in [0.15, 0.2) is 0 Å². The molecule has 0 aliphatic rings. The van der Waals surface area contributed by atoms with Crippen LogP contribution in [0.5, 0.6) is 0 Å². The van der Waals surface area contributed by atoms with Crippen LogP contribution in [0.25, 0.3) is 0 Å². The van der Waals surface area contributed by atoms with Crippen LogP contribution in [0.15, 0.2) is 54.6 Å². The zero-order valence-corrected chi connectivity index (χ0v) is 20.8. The average Bonchev–Trinajstić information content (AvgIpc) is 2.82. The van der Waals surface area contributed by atoms with Crippen molar-refractivity contribution in [1.29, 1.82) is 0 Å². The minimum atomic E-state index is -0.797. The molecule has 190 valence electrons. The van der Waals surface area contributed by atoms with Gasteiger partial charge in [-0.05, 0) is 43.8 Å². The van der Waals surface area contributed by atoms with Crippen LogP contribution in [0.2, 0.25) is 0 Å². The summed E-state index contributed by atoms with van der Waals surface area (Å²) in [5.41, 5.74) is 2.58. The molecule has 4 amide bonds. The number of hydrogen-bond acceptors (Lipinski definition) is 5. The number of nitrogens with one attached hydrogen (secondary N) is 3. The van der Waals surface area contributed by atoms with E-state index in [1.807, 2.05) is 61.5 Å². The number of benzene rings is 2. The van der Waals surface area contributed by atoms with Crippen LogP contribution in [-0.4, -0.2) is 85.7 Å². The maximum Gasteiger partial charge on any atom is 0.318 e. The Hall–Kier alpha value is -3.43. The second-order valence-electron chi connectivity index (χ2n) is 8.62. The van der Waals surface area contributed by atoms with Crippen LogP contribution in [-0.2, 0) is 22.4 Å². The van der Waals surface area contributed by atoms with E-state index in [1.165, 1.54) is 11.8 Å². The number of anilines is 1. The van der Waals surface area contributed by atoms with E-state index < -0.39 is 12.1 Å². The molecule has 2 aromatic carbocycles. The van der Waals surface area contributed by atoms with E-state index in [0.29, 0.717) is 31.7 Å². The number of aliphatic hydroxyl groups excluding tert-OH is 1. The molecule has 0 aromatic heterocycles. The molecule has 0 aliphatic heterocycles. The van der Waals surface area contributed by atoms with Gasteiger partial charge in [-0.15, -0.1) is 0 Å². The van der Waals surface area contributed by atoms with Gasteiger partial charge in [-0.1, -0.05) is 42.5 Å². The van der Waals surface area contributed by atoms with E-state index in [2.05, 4.69) is 16.0 Å². The first kappa shape index (κ1) is 27.8. The van der Waals surface area contributed by atoms with Gasteiger partial charge < -0.3 is 30.9 Å². The Morgan fingerprint density at radius 1 is 0.914 bits per heavy atom. The molecule has 9 heteroatoms. The van der Waals surface area contributed by atoms with Crippen molar-refractivity contribution in [3.05, 3.63) is 65.7 Å². The molecule has 35 heavy (non-hydrogen) atoms. The molecule has 0 saturated carbocycles. The van der Waals surface area contributed by atoms with Crippen LogP contribution in [0.1, 0.15) is 18.1 Å². The molecule has 0 spiro atoms. The first-order chi connectivity index (χ1) is 16.8. The number of amides is 4. The number of aliphatic hydroxyl groups is 1. The summed E-state index contributed by atoms with van der Waals surface area (Å²) in [4.78, 5) is 40.8. The van der Waals surface area contributed by atoms with Crippen molar-refractivity contribution in [1.82, 2.24) is 20.4 Å². The molecule has 0 unspecified atom stereocenters. The fourth-order valence-corrected chi connectivity index (χ4v) is 3.48. The third-order valence-electron chi connectivity index (χ3n) is 5.36. The smallest absolute Gasteiger partial charge is 0.318 e. The van der Waals surface area contributed by atoms with E-state index in [-0.39, 0.29) is 31.4 Å². The highest BCUT2D eigenvalue weighted by atomic mass is 16.3. The largest absolute Gasteiger partial charge is 0.395 e. The Morgan fingerprint density at radius 3 is 2.20 bits per heavy atom. The monoisotopic (exact) mass is 483 g/mol. The minimum Gasteiger partial charge on any atom is -0.395 e. The predicted molar refractivity (Wildman–Crippen MR) is 137 cm³/mol. The molecule has 9 nitrogen and oxygen atoms in total. The van der Waals surface area contributed by atoms with Crippen molar-refractivity contribution in [2.24, 2.45) is 0 Å². The summed E-state index contributed by atoms with van der Waals surface area (Å²) in [6, 6.07) is 15.7. The summed E-state index contributed by atoms with van der Waals surface area (Å²) in [5.74, 6) is -0.444. The molecule has 4 N–H and O–H groups in total. The first-order valence-electron chi connectivity index (χ1n) is 11.8. The topological polar surface area (TPSA) is 114 Å². The van der Waals surface area contributed by atoms with Crippen LogP contribution in [0, 0.1) is 0 Å². The Bertz CT molecular complexity index is 935. The fraction of sp³-hybridized carbons (Fsp3) is 0.423. The Morgan fingerprint density at radius 2 is 1.60 bits per heavy atom. The molecule has 1 atom stereocenters. The lowest BCUT2D eigenvalue weighted by Crippen LogP contribution is -2.53. The number of likely N-dealkylation sites (N-methyl/N-ethyl adjacent to an activating group) is 1. The van der Waals surface area contributed by atoms with Crippen LogP contribution < -0.4 is 16.0 Å². The molecule has 0 radical (unpaired) electrons. The van der Waals surface area contributed by atoms with Crippen molar-refractivity contribution in [2.45, 2.75) is 25.8 Å². The quantitative estimate of drug-likeness (QED) is 0.345. The summed E-state index contributed by atoms with van der Waals surface area (Å²) in [7, 11) is 3.84. The van der Waals surface area contributed by atoms with E-state index in [9.17, 15) is 19.5 Å². The maximum absolute atomic E-state index is 13.1. The molecule has 0 saturated heterocycles. The summed E-state index contributed by atoms with van der Waals surface area (Å²) in [5, 5.41) is 17.9. The highest BCUT2D eigenvalue weighted by Gasteiger charge is 2.24. The van der Waals surface area contributed by atoms with Gasteiger partial charge in [0.1, 0.15) is 6.04 Å². The van der Waals surface area contributed by atoms with Gasteiger partial charge in [-0.3, -0.25) is 9.59 Å². The van der Waals surface area contributed by atoms with E-state index >= 15 is 0 Å². The van der Waals surface area contributed by atoms with Crippen molar-refractivity contribution >= 4 is 23.5 Å². The highest BCUT2D eigenvalue weighted by molar-refractivity contribution is 5.89. The van der Waals surface area contributed by atoms with Crippen LogP contribution in [0.3, 0.4) is 0 Å². The second kappa shape index (κ2) is 14.7. The van der Waals surface area contributed by atoms with Crippen molar-refractivity contribution in [3.63, 3.8) is 0 Å². The number of carbonyl (C=O) groups excluding carboxylic acids is 3. The fourth-order valence-electron chi connectivity index (χ4n) is 3.48. The predicted octanol–water partition coefficient (Wildman–Crippen LogP) is 1.48. The van der Waals surface area contributed by atoms with Crippen molar-refractivity contribution < 1.29 is 19.5 Å². The summed E-state index contributed by atoms with van der Waals surface area (Å²) >= 11 is 0. The number of rotatable bonds is 13. The highest BCUT2D eigenvalue weighted by Crippen LogP contribution is 2.12. The zero-order valence-electron chi connectivity index (χ0n) is 20.8. The van der Waals surface area contributed by atoms with Gasteiger partial charge >= 0.3 is 6.03 Å². The first-order valence-corrected chi connectivity index (χ1v) is 11.8. The molecule has 2 aromatic rings. The number of carbonyl (C=O) groups is 3. The summed E-state index contributed by atoms with van der Waals surface area (Å²) in [6.45, 7) is 2.97. The average molecular weight is 484 g/mol. The third kappa shape index (κ3) is 10.6. The Balaban J connectivity index is 2.09. The van der Waals surface area contributed by atoms with Gasteiger partial charge in [-0.2, -0.15) is 0 Å². The third-order valence-corrected chi connectivity index (χ3v) is 5.36. The molecule has 0 heterocycles. The Kier molecular flexibility index (Phi) is 11.7. The molecular weight excluding hydrogens is 446 g/mol. The lowest BCUT2D eigenvalue weighted by Gasteiger charge is -2.26. The van der Waals surface area contributed by atoms with E-state index in [1.54, 1.807) is 12.1 Å². The maximum atomic E-state index is 13.1. The van der Waals surface area contributed by atoms with E-state index in [0.717, 1.165) is 11.1 Å².